The van der Waals surface area contributed by atoms with Crippen molar-refractivity contribution in [3.05, 3.63) is 29.8 Å². The Balaban J connectivity index is 2.30. The molecule has 5 nitrogen and oxygen atoms in total. The molecule has 1 N–H and O–H groups in total. The van der Waals surface area contributed by atoms with Crippen molar-refractivity contribution in [3.8, 4) is 0 Å². The Hall–Kier alpha value is -1.06. The van der Waals surface area contributed by atoms with Crippen molar-refractivity contribution in [2.24, 2.45) is 0 Å². The van der Waals surface area contributed by atoms with E-state index in [1.807, 2.05) is 0 Å². The fourth-order valence-electron chi connectivity index (χ4n) is 2.12. The van der Waals surface area contributed by atoms with Gasteiger partial charge in [0.1, 0.15) is 0 Å². The van der Waals surface area contributed by atoms with Crippen LogP contribution < -0.4 is 4.72 Å². The second-order valence-electron chi connectivity index (χ2n) is 5.08. The lowest BCUT2D eigenvalue weighted by atomic mass is 10.0. The number of sulfonamides is 1. The van der Waals surface area contributed by atoms with Gasteiger partial charge in [0.15, 0.2) is 21.5 Å². The van der Waals surface area contributed by atoms with E-state index in [0.29, 0.717) is 12.1 Å². The summed E-state index contributed by atoms with van der Waals surface area (Å²) < 4.78 is 75.1. The standard InChI is InChI=1S/C11H13F2NO4S2/c1-11(4-5-19(15,16)7-11)14-20(17,18)8-2-3-9(12)10(13)6-8/h2-3,6,14H,4-5,7H2,1H3/t11-/m1/s1. The molecule has 1 aliphatic heterocycles. The normalized spacial score (nSPS) is 25.8. The molecule has 1 aromatic rings. The summed E-state index contributed by atoms with van der Waals surface area (Å²) in [7, 11) is -7.40. The second-order valence-corrected chi connectivity index (χ2v) is 8.95. The number of hydrogen-bond acceptors (Lipinski definition) is 4. The van der Waals surface area contributed by atoms with Crippen LogP contribution in [0.4, 0.5) is 8.78 Å². The summed E-state index contributed by atoms with van der Waals surface area (Å²) in [6.07, 6.45) is 0.137. The average Bonchev–Trinajstić information content (AvgIpc) is 2.55. The molecule has 0 aliphatic carbocycles. The maximum atomic E-state index is 13.1. The van der Waals surface area contributed by atoms with Crippen molar-refractivity contribution in [1.29, 1.82) is 0 Å². The first-order chi connectivity index (χ1) is 9.03. The topological polar surface area (TPSA) is 80.3 Å². The molecule has 1 aliphatic rings. The van der Waals surface area contributed by atoms with E-state index in [2.05, 4.69) is 4.72 Å². The summed E-state index contributed by atoms with van der Waals surface area (Å²) in [5, 5.41) is 0. The smallest absolute Gasteiger partial charge is 0.229 e. The highest BCUT2D eigenvalue weighted by molar-refractivity contribution is 7.92. The first-order valence-electron chi connectivity index (χ1n) is 5.73. The van der Waals surface area contributed by atoms with E-state index in [1.165, 1.54) is 6.92 Å². The van der Waals surface area contributed by atoms with Crippen LogP contribution in [0, 0.1) is 11.6 Å². The van der Waals surface area contributed by atoms with Crippen LogP contribution >= 0.6 is 0 Å². The van der Waals surface area contributed by atoms with Gasteiger partial charge in [0.2, 0.25) is 10.0 Å². The summed E-state index contributed by atoms with van der Waals surface area (Å²) in [4.78, 5) is -0.443. The van der Waals surface area contributed by atoms with Crippen LogP contribution in [-0.4, -0.2) is 33.9 Å². The maximum absolute atomic E-state index is 13.1. The molecule has 2 rings (SSSR count). The van der Waals surface area contributed by atoms with Crippen LogP contribution in [0.2, 0.25) is 0 Å². The largest absolute Gasteiger partial charge is 0.241 e. The first kappa shape index (κ1) is 15.3. The van der Waals surface area contributed by atoms with E-state index in [9.17, 15) is 25.6 Å². The Bertz CT molecular complexity index is 746. The SMILES string of the molecule is C[C@@]1(NS(=O)(=O)c2ccc(F)c(F)c2)CCS(=O)(=O)C1. The van der Waals surface area contributed by atoms with Crippen molar-refractivity contribution >= 4 is 19.9 Å². The molecule has 0 unspecified atom stereocenters. The second kappa shape index (κ2) is 4.74. The van der Waals surface area contributed by atoms with Crippen molar-refractivity contribution in [3.63, 3.8) is 0 Å². The first-order valence-corrected chi connectivity index (χ1v) is 9.03. The van der Waals surface area contributed by atoms with Gasteiger partial charge >= 0.3 is 0 Å². The van der Waals surface area contributed by atoms with Crippen LogP contribution in [0.3, 0.4) is 0 Å². The molecular formula is C11H13F2NO4S2. The minimum Gasteiger partial charge on any atom is -0.229 e. The molecular weight excluding hydrogens is 312 g/mol. The molecule has 9 heteroatoms. The van der Waals surface area contributed by atoms with Gasteiger partial charge in [-0.15, -0.1) is 0 Å². The Morgan fingerprint density at radius 1 is 1.25 bits per heavy atom. The molecule has 1 aromatic carbocycles. The number of benzene rings is 1. The van der Waals surface area contributed by atoms with Crippen LogP contribution in [0.1, 0.15) is 13.3 Å². The van der Waals surface area contributed by atoms with Crippen LogP contribution in [0.5, 0.6) is 0 Å². The summed E-state index contributed by atoms with van der Waals surface area (Å²) in [5.74, 6) is -2.86. The Labute approximate surface area is 116 Å². The van der Waals surface area contributed by atoms with Crippen LogP contribution in [0.25, 0.3) is 0 Å². The fraction of sp³-hybridized carbons (Fsp3) is 0.455. The molecule has 0 radical (unpaired) electrons. The Morgan fingerprint density at radius 2 is 1.90 bits per heavy atom. The average molecular weight is 325 g/mol. The molecule has 1 heterocycles. The highest BCUT2D eigenvalue weighted by Crippen LogP contribution is 2.25. The van der Waals surface area contributed by atoms with E-state index in [0.717, 1.165) is 6.07 Å². The van der Waals surface area contributed by atoms with Crippen LogP contribution in [0.15, 0.2) is 23.1 Å². The lowest BCUT2D eigenvalue weighted by Gasteiger charge is -2.23. The van der Waals surface area contributed by atoms with Gasteiger partial charge in [-0.05, 0) is 31.5 Å². The Kier molecular flexibility index (Phi) is 3.64. The molecule has 0 saturated carbocycles. The van der Waals surface area contributed by atoms with E-state index >= 15 is 0 Å². The van der Waals surface area contributed by atoms with Gasteiger partial charge in [0.05, 0.1) is 16.4 Å². The number of rotatable bonds is 3. The van der Waals surface area contributed by atoms with Gasteiger partial charge in [-0.25, -0.2) is 30.3 Å². The van der Waals surface area contributed by atoms with Crippen LogP contribution in [-0.2, 0) is 19.9 Å². The van der Waals surface area contributed by atoms with Crippen molar-refractivity contribution in [2.75, 3.05) is 11.5 Å². The Morgan fingerprint density at radius 3 is 2.40 bits per heavy atom. The zero-order chi connectivity index (χ0) is 15.2. The predicted molar refractivity (Wildman–Crippen MR) is 68.4 cm³/mol. The molecule has 1 atom stereocenters. The van der Waals surface area contributed by atoms with E-state index in [4.69, 9.17) is 0 Å². The van der Waals surface area contributed by atoms with Gasteiger partial charge in [0, 0.05) is 5.54 Å². The van der Waals surface area contributed by atoms with E-state index < -0.39 is 41.9 Å². The summed E-state index contributed by atoms with van der Waals surface area (Å²) in [6.45, 7) is 1.47. The molecule has 20 heavy (non-hydrogen) atoms. The van der Waals surface area contributed by atoms with Crippen molar-refractivity contribution in [1.82, 2.24) is 4.72 Å². The van der Waals surface area contributed by atoms with E-state index in [-0.39, 0.29) is 17.9 Å². The van der Waals surface area contributed by atoms with Gasteiger partial charge in [-0.2, -0.15) is 0 Å². The number of halogens is 2. The maximum Gasteiger partial charge on any atom is 0.241 e. The zero-order valence-electron chi connectivity index (χ0n) is 10.6. The summed E-state index contributed by atoms with van der Waals surface area (Å²) in [6, 6.07) is 2.19. The lowest BCUT2D eigenvalue weighted by Crippen LogP contribution is -2.46. The van der Waals surface area contributed by atoms with Gasteiger partial charge in [0.25, 0.3) is 0 Å². The number of nitrogens with one attached hydrogen (secondary N) is 1. The fourth-order valence-corrected chi connectivity index (χ4v) is 5.75. The lowest BCUT2D eigenvalue weighted by molar-refractivity contribution is 0.460. The quantitative estimate of drug-likeness (QED) is 0.892. The van der Waals surface area contributed by atoms with E-state index in [1.54, 1.807) is 0 Å². The third kappa shape index (κ3) is 3.15. The van der Waals surface area contributed by atoms with Gasteiger partial charge < -0.3 is 0 Å². The third-order valence-corrected chi connectivity index (χ3v) is 6.62. The predicted octanol–water partition coefficient (Wildman–Crippen LogP) is 0.820. The number of sulfone groups is 1. The third-order valence-electron chi connectivity index (χ3n) is 3.09. The molecule has 1 fully saturated rings. The molecule has 0 spiro atoms. The number of hydrogen-bond donors (Lipinski definition) is 1. The molecule has 0 bridgehead atoms. The van der Waals surface area contributed by atoms with Gasteiger partial charge in [-0.3, -0.25) is 0 Å². The molecule has 112 valence electrons. The monoisotopic (exact) mass is 325 g/mol. The zero-order valence-corrected chi connectivity index (χ0v) is 12.2. The summed E-state index contributed by atoms with van der Waals surface area (Å²) >= 11 is 0. The molecule has 0 aromatic heterocycles. The highest BCUT2D eigenvalue weighted by atomic mass is 32.2. The minimum absolute atomic E-state index is 0.107. The van der Waals surface area contributed by atoms with Crippen molar-refractivity contribution in [2.45, 2.75) is 23.8 Å². The highest BCUT2D eigenvalue weighted by Gasteiger charge is 2.41. The van der Waals surface area contributed by atoms with Crippen molar-refractivity contribution < 1.29 is 25.6 Å². The summed E-state index contributed by atoms with van der Waals surface area (Å²) in [5.41, 5.74) is -1.14. The van der Waals surface area contributed by atoms with Gasteiger partial charge in [-0.1, -0.05) is 0 Å². The molecule has 1 saturated heterocycles. The molecule has 0 amide bonds. The minimum atomic E-state index is -4.11.